The Morgan fingerprint density at radius 1 is 1.11 bits per heavy atom. The fourth-order valence-electron chi connectivity index (χ4n) is 2.11. The minimum absolute atomic E-state index is 0.0447. The van der Waals surface area contributed by atoms with Crippen molar-refractivity contribution < 1.29 is 14.3 Å². The number of ether oxygens (including phenoxy) is 2. The average molecular weight is 262 g/mol. The van der Waals surface area contributed by atoms with Gasteiger partial charge in [0.2, 0.25) is 5.91 Å². The molecule has 1 heterocycles. The van der Waals surface area contributed by atoms with E-state index in [9.17, 15) is 4.79 Å². The first kappa shape index (κ1) is 13.4. The number of benzene rings is 1. The summed E-state index contributed by atoms with van der Waals surface area (Å²) in [5, 5.41) is 4.16. The summed E-state index contributed by atoms with van der Waals surface area (Å²) in [4.78, 5) is 11.5. The van der Waals surface area contributed by atoms with Gasteiger partial charge in [-0.25, -0.2) is 5.43 Å². The van der Waals surface area contributed by atoms with E-state index in [0.717, 1.165) is 11.3 Å². The molecular weight excluding hydrogens is 244 g/mol. The molecule has 1 aromatic rings. The highest BCUT2D eigenvalue weighted by Crippen LogP contribution is 2.30. The number of hydrogen-bond acceptors (Lipinski definition) is 4. The Kier molecular flexibility index (Phi) is 3.74. The first-order valence-corrected chi connectivity index (χ1v) is 6.18. The Balaban J connectivity index is 2.39. The largest absolute Gasteiger partial charge is 0.493 e. The van der Waals surface area contributed by atoms with Crippen LogP contribution in [-0.4, -0.2) is 25.8 Å². The van der Waals surface area contributed by atoms with Crippen molar-refractivity contribution in [3.05, 3.63) is 23.8 Å². The molecule has 0 saturated carbocycles. The van der Waals surface area contributed by atoms with Crippen molar-refractivity contribution in [2.45, 2.75) is 13.8 Å². The quantitative estimate of drug-likeness (QED) is 0.903. The number of nitrogens with zero attached hydrogens (tertiary/aromatic N) is 1. The van der Waals surface area contributed by atoms with Crippen LogP contribution in [0, 0.1) is 11.8 Å². The van der Waals surface area contributed by atoms with Crippen LogP contribution >= 0.6 is 0 Å². The molecule has 2 rings (SSSR count). The number of carbonyl (C=O) groups excluding carboxylic acids is 1. The van der Waals surface area contributed by atoms with Crippen LogP contribution in [0.2, 0.25) is 0 Å². The molecule has 0 aromatic heterocycles. The smallest absolute Gasteiger partial charge is 0.243 e. The number of carbonyl (C=O) groups is 1. The first-order valence-electron chi connectivity index (χ1n) is 6.18. The topological polar surface area (TPSA) is 59.9 Å². The third-order valence-corrected chi connectivity index (χ3v) is 3.56. The molecule has 0 bridgehead atoms. The molecule has 5 heteroatoms. The third-order valence-electron chi connectivity index (χ3n) is 3.56. The molecular formula is C14H18N2O3. The van der Waals surface area contributed by atoms with E-state index in [0.29, 0.717) is 11.5 Å². The maximum absolute atomic E-state index is 11.5. The third kappa shape index (κ3) is 2.41. The molecule has 19 heavy (non-hydrogen) atoms. The SMILES string of the molecule is COc1ccc(C2=NNC(=O)[C@H](C)[C@H]2C)cc1OC. The van der Waals surface area contributed by atoms with Crippen molar-refractivity contribution in [2.24, 2.45) is 16.9 Å². The normalized spacial score (nSPS) is 22.5. The summed E-state index contributed by atoms with van der Waals surface area (Å²) in [7, 11) is 3.19. The Labute approximate surface area is 112 Å². The molecule has 102 valence electrons. The van der Waals surface area contributed by atoms with E-state index in [2.05, 4.69) is 10.5 Å². The summed E-state index contributed by atoms with van der Waals surface area (Å²) >= 11 is 0. The Morgan fingerprint density at radius 3 is 2.42 bits per heavy atom. The van der Waals surface area contributed by atoms with E-state index >= 15 is 0 Å². The summed E-state index contributed by atoms with van der Waals surface area (Å²) in [5.41, 5.74) is 4.34. The van der Waals surface area contributed by atoms with Crippen LogP contribution in [0.25, 0.3) is 0 Å². The Morgan fingerprint density at radius 2 is 1.79 bits per heavy atom. The molecule has 0 radical (unpaired) electrons. The van der Waals surface area contributed by atoms with Gasteiger partial charge in [-0.1, -0.05) is 13.8 Å². The van der Waals surface area contributed by atoms with E-state index < -0.39 is 0 Å². The van der Waals surface area contributed by atoms with E-state index in [4.69, 9.17) is 9.47 Å². The predicted octanol–water partition coefficient (Wildman–Crippen LogP) is 1.81. The van der Waals surface area contributed by atoms with E-state index in [1.165, 1.54) is 0 Å². The lowest BCUT2D eigenvalue weighted by Crippen LogP contribution is -2.39. The van der Waals surface area contributed by atoms with Crippen LogP contribution in [0.1, 0.15) is 19.4 Å². The number of methoxy groups -OCH3 is 2. The highest BCUT2D eigenvalue weighted by molar-refractivity contribution is 6.06. The summed E-state index contributed by atoms with van der Waals surface area (Å²) in [6, 6.07) is 5.63. The van der Waals surface area contributed by atoms with Crippen molar-refractivity contribution in [3.63, 3.8) is 0 Å². The maximum Gasteiger partial charge on any atom is 0.243 e. The van der Waals surface area contributed by atoms with Crippen molar-refractivity contribution in [1.29, 1.82) is 0 Å². The van der Waals surface area contributed by atoms with Gasteiger partial charge in [-0.15, -0.1) is 0 Å². The zero-order valence-electron chi connectivity index (χ0n) is 11.6. The summed E-state index contributed by atoms with van der Waals surface area (Å²) in [6.45, 7) is 3.90. The number of nitrogens with one attached hydrogen (secondary N) is 1. The summed E-state index contributed by atoms with van der Waals surface area (Å²) in [6.07, 6.45) is 0. The van der Waals surface area contributed by atoms with Crippen molar-refractivity contribution in [3.8, 4) is 11.5 Å². The minimum atomic E-state index is -0.0967. The van der Waals surface area contributed by atoms with E-state index in [1.807, 2.05) is 32.0 Å². The van der Waals surface area contributed by atoms with Crippen LogP contribution < -0.4 is 14.9 Å². The van der Waals surface area contributed by atoms with Crippen LogP contribution in [0.4, 0.5) is 0 Å². The molecule has 0 spiro atoms. The highest BCUT2D eigenvalue weighted by Gasteiger charge is 2.29. The fourth-order valence-corrected chi connectivity index (χ4v) is 2.11. The van der Waals surface area contributed by atoms with Gasteiger partial charge in [0, 0.05) is 17.4 Å². The van der Waals surface area contributed by atoms with Crippen LogP contribution in [0.3, 0.4) is 0 Å². The first-order chi connectivity index (χ1) is 9.08. The van der Waals surface area contributed by atoms with Crippen molar-refractivity contribution in [1.82, 2.24) is 5.43 Å². The number of amides is 1. The molecule has 1 aliphatic heterocycles. The van der Waals surface area contributed by atoms with Gasteiger partial charge in [0.1, 0.15) is 0 Å². The lowest BCUT2D eigenvalue weighted by Gasteiger charge is -2.25. The van der Waals surface area contributed by atoms with Gasteiger partial charge >= 0.3 is 0 Å². The zero-order valence-corrected chi connectivity index (χ0v) is 11.6. The second-order valence-electron chi connectivity index (χ2n) is 4.62. The highest BCUT2D eigenvalue weighted by atomic mass is 16.5. The fraction of sp³-hybridized carbons (Fsp3) is 0.429. The maximum atomic E-state index is 11.5. The number of hydrogen-bond donors (Lipinski definition) is 1. The van der Waals surface area contributed by atoms with Gasteiger partial charge in [0.25, 0.3) is 0 Å². The van der Waals surface area contributed by atoms with Crippen LogP contribution in [0.15, 0.2) is 23.3 Å². The molecule has 1 amide bonds. The van der Waals surface area contributed by atoms with Gasteiger partial charge in [-0.05, 0) is 18.2 Å². The van der Waals surface area contributed by atoms with Gasteiger partial charge in [-0.2, -0.15) is 5.10 Å². The lowest BCUT2D eigenvalue weighted by atomic mass is 9.86. The second kappa shape index (κ2) is 5.30. The monoisotopic (exact) mass is 262 g/mol. The zero-order chi connectivity index (χ0) is 14.0. The van der Waals surface area contributed by atoms with Gasteiger partial charge in [0.15, 0.2) is 11.5 Å². The van der Waals surface area contributed by atoms with Gasteiger partial charge in [-0.3, -0.25) is 4.79 Å². The Bertz CT molecular complexity index is 525. The number of rotatable bonds is 3. The minimum Gasteiger partial charge on any atom is -0.493 e. The van der Waals surface area contributed by atoms with E-state index in [1.54, 1.807) is 14.2 Å². The summed E-state index contributed by atoms with van der Waals surface area (Å²) < 4.78 is 10.5. The molecule has 1 N–H and O–H groups in total. The Hall–Kier alpha value is -2.04. The molecule has 0 aliphatic carbocycles. The molecule has 1 aliphatic rings. The molecule has 1 aromatic carbocycles. The lowest BCUT2D eigenvalue weighted by molar-refractivity contribution is -0.125. The van der Waals surface area contributed by atoms with Crippen molar-refractivity contribution in [2.75, 3.05) is 14.2 Å². The van der Waals surface area contributed by atoms with Gasteiger partial charge in [0.05, 0.1) is 19.9 Å². The van der Waals surface area contributed by atoms with E-state index in [-0.39, 0.29) is 17.7 Å². The molecule has 5 nitrogen and oxygen atoms in total. The molecule has 0 unspecified atom stereocenters. The standard InChI is InChI=1S/C14H18N2O3/c1-8-9(2)14(17)16-15-13(8)10-5-6-11(18-3)12(7-10)19-4/h5-9H,1-4H3,(H,16,17)/t8-,9-/m1/s1. The number of hydrazone groups is 1. The molecule has 0 saturated heterocycles. The molecule has 0 fully saturated rings. The van der Waals surface area contributed by atoms with Crippen molar-refractivity contribution >= 4 is 11.6 Å². The van der Waals surface area contributed by atoms with Crippen LogP contribution in [0.5, 0.6) is 11.5 Å². The predicted molar refractivity (Wildman–Crippen MR) is 72.6 cm³/mol. The second-order valence-corrected chi connectivity index (χ2v) is 4.62. The summed E-state index contributed by atoms with van der Waals surface area (Å²) in [5.74, 6) is 1.25. The average Bonchev–Trinajstić information content (AvgIpc) is 2.44. The molecule has 2 atom stereocenters. The van der Waals surface area contributed by atoms with Crippen LogP contribution in [-0.2, 0) is 4.79 Å². The van der Waals surface area contributed by atoms with Gasteiger partial charge < -0.3 is 9.47 Å².